The average Bonchev–Trinajstić information content (AvgIpc) is 2.69. The monoisotopic (exact) mass is 236 g/mol. The van der Waals surface area contributed by atoms with Crippen molar-refractivity contribution in [2.45, 2.75) is 6.18 Å². The molecule has 2 aromatic heterocycles. The number of aromatic nitrogens is 5. The van der Waals surface area contributed by atoms with Gasteiger partial charge in [-0.2, -0.15) is 17.9 Å². The van der Waals surface area contributed by atoms with E-state index in [9.17, 15) is 13.2 Å². The van der Waals surface area contributed by atoms with Crippen molar-refractivity contribution in [3.63, 3.8) is 0 Å². The number of nitrogens with zero attached hydrogens (tertiary/aromatic N) is 5. The number of hydrogen-bond donors (Lipinski definition) is 1. The van der Waals surface area contributed by atoms with Crippen LogP contribution in [0.25, 0.3) is 5.13 Å². The summed E-state index contributed by atoms with van der Waals surface area (Å²) in [5.41, 5.74) is 5.20. The Morgan fingerprint density at radius 3 is 2.53 bits per heavy atom. The maximum absolute atomic E-state index is 12.2. The van der Waals surface area contributed by atoms with Crippen LogP contribution in [0.3, 0.4) is 0 Å². The molecule has 0 radical (unpaired) electrons. The van der Waals surface area contributed by atoms with Crippen LogP contribution in [0, 0.1) is 0 Å². The molecule has 0 bridgehead atoms. The lowest BCUT2D eigenvalue weighted by Gasteiger charge is -1.97. The minimum atomic E-state index is -4.50. The summed E-state index contributed by atoms with van der Waals surface area (Å²) in [5, 5.41) is 8.84. The van der Waals surface area contributed by atoms with Gasteiger partial charge in [0, 0.05) is 0 Å². The molecule has 6 nitrogen and oxygen atoms in total. The molecule has 0 saturated carbocycles. The molecule has 80 valence electrons. The molecule has 2 heterocycles. The molecule has 0 saturated heterocycles. The number of alkyl halides is 3. The highest BCUT2D eigenvalue weighted by Crippen LogP contribution is 2.32. The second-order valence-corrected chi connectivity index (χ2v) is 3.39. The summed E-state index contributed by atoms with van der Waals surface area (Å²) in [7, 11) is 0. The molecule has 0 aromatic carbocycles. The highest BCUT2D eigenvalue weighted by Gasteiger charge is 2.35. The van der Waals surface area contributed by atoms with E-state index in [0.29, 0.717) is 11.3 Å². The van der Waals surface area contributed by atoms with Crippen molar-refractivity contribution >= 4 is 17.3 Å². The van der Waals surface area contributed by atoms with Gasteiger partial charge in [0.2, 0.25) is 16.1 Å². The van der Waals surface area contributed by atoms with Crippen molar-refractivity contribution in [3.05, 3.63) is 11.3 Å². The zero-order chi connectivity index (χ0) is 11.1. The van der Waals surface area contributed by atoms with Gasteiger partial charge in [0.25, 0.3) is 0 Å². The van der Waals surface area contributed by atoms with Gasteiger partial charge in [-0.1, -0.05) is 11.3 Å². The third kappa shape index (κ3) is 1.88. The first-order valence-electron chi connectivity index (χ1n) is 3.55. The van der Waals surface area contributed by atoms with Gasteiger partial charge in [-0.25, -0.2) is 4.98 Å². The van der Waals surface area contributed by atoms with E-state index in [1.807, 2.05) is 0 Å². The third-order valence-electron chi connectivity index (χ3n) is 1.36. The van der Waals surface area contributed by atoms with Gasteiger partial charge < -0.3 is 5.73 Å². The Labute approximate surface area is 84.6 Å². The van der Waals surface area contributed by atoms with Gasteiger partial charge >= 0.3 is 6.18 Å². The molecule has 2 rings (SSSR count). The Morgan fingerprint density at radius 1 is 1.33 bits per heavy atom. The SMILES string of the molecule is Nc1ncn(-c2nnc(C(F)(F)F)s2)n1. The maximum atomic E-state index is 12.2. The van der Waals surface area contributed by atoms with E-state index in [1.54, 1.807) is 0 Å². The summed E-state index contributed by atoms with van der Waals surface area (Å²) in [5.74, 6) is -0.0428. The molecule has 2 N–H and O–H groups in total. The number of halogens is 3. The summed E-state index contributed by atoms with van der Waals surface area (Å²) < 4.78 is 37.5. The fourth-order valence-electron chi connectivity index (χ4n) is 0.791. The lowest BCUT2D eigenvalue weighted by Crippen LogP contribution is -2.03. The Kier molecular flexibility index (Phi) is 2.07. The first-order valence-corrected chi connectivity index (χ1v) is 4.36. The van der Waals surface area contributed by atoms with E-state index >= 15 is 0 Å². The van der Waals surface area contributed by atoms with Gasteiger partial charge in [-0.05, 0) is 0 Å². The summed E-state index contributed by atoms with van der Waals surface area (Å²) >= 11 is 0.364. The highest BCUT2D eigenvalue weighted by molar-refractivity contribution is 7.13. The van der Waals surface area contributed by atoms with Crippen LogP contribution in [0.15, 0.2) is 6.33 Å². The van der Waals surface area contributed by atoms with Crippen molar-refractivity contribution < 1.29 is 13.2 Å². The molecule has 0 aliphatic carbocycles. The Hall–Kier alpha value is -1.71. The van der Waals surface area contributed by atoms with Crippen molar-refractivity contribution in [3.8, 4) is 5.13 Å². The lowest BCUT2D eigenvalue weighted by molar-refractivity contribution is -0.138. The topological polar surface area (TPSA) is 82.5 Å². The van der Waals surface area contributed by atoms with Gasteiger partial charge in [0.1, 0.15) is 6.33 Å². The van der Waals surface area contributed by atoms with E-state index < -0.39 is 11.2 Å². The molecular weight excluding hydrogens is 233 g/mol. The minimum absolute atomic E-state index is 0.0356. The first kappa shape index (κ1) is 9.83. The maximum Gasteiger partial charge on any atom is 0.445 e. The Balaban J connectivity index is 2.36. The molecule has 15 heavy (non-hydrogen) atoms. The Morgan fingerprint density at radius 2 is 2.07 bits per heavy atom. The van der Waals surface area contributed by atoms with Crippen LogP contribution in [0.4, 0.5) is 19.1 Å². The third-order valence-corrected chi connectivity index (χ3v) is 2.32. The largest absolute Gasteiger partial charge is 0.445 e. The molecule has 0 spiro atoms. The number of nitrogen functional groups attached to an aromatic ring is 1. The molecule has 0 atom stereocenters. The van der Waals surface area contributed by atoms with Crippen LogP contribution in [-0.2, 0) is 6.18 Å². The normalized spacial score (nSPS) is 11.9. The first-order chi connectivity index (χ1) is 6.97. The molecular formula is C5H3F3N6S. The van der Waals surface area contributed by atoms with Gasteiger partial charge in [0.05, 0.1) is 0 Å². The van der Waals surface area contributed by atoms with Crippen molar-refractivity contribution in [1.82, 2.24) is 25.0 Å². The molecule has 0 aliphatic heterocycles. The number of rotatable bonds is 1. The highest BCUT2D eigenvalue weighted by atomic mass is 32.1. The van der Waals surface area contributed by atoms with Crippen LogP contribution in [0.5, 0.6) is 0 Å². The zero-order valence-electron chi connectivity index (χ0n) is 6.93. The predicted octanol–water partition coefficient (Wildman–Crippen LogP) is 0.720. The van der Waals surface area contributed by atoms with E-state index in [-0.39, 0.29) is 11.1 Å². The second-order valence-electron chi connectivity index (χ2n) is 2.43. The molecule has 0 fully saturated rings. The fourth-order valence-corrected chi connectivity index (χ4v) is 1.42. The van der Waals surface area contributed by atoms with E-state index in [4.69, 9.17) is 5.73 Å². The molecule has 2 aromatic rings. The van der Waals surface area contributed by atoms with E-state index in [0.717, 1.165) is 11.0 Å². The van der Waals surface area contributed by atoms with Gasteiger partial charge in [0.15, 0.2) is 0 Å². The van der Waals surface area contributed by atoms with E-state index in [2.05, 4.69) is 20.3 Å². The molecule has 0 unspecified atom stereocenters. The number of hydrogen-bond acceptors (Lipinski definition) is 6. The lowest BCUT2D eigenvalue weighted by atomic mass is 10.7. The number of nitrogens with two attached hydrogens (primary N) is 1. The minimum Gasteiger partial charge on any atom is -0.366 e. The molecule has 0 aliphatic rings. The quantitative estimate of drug-likeness (QED) is 0.788. The molecule has 0 amide bonds. The van der Waals surface area contributed by atoms with E-state index in [1.165, 1.54) is 0 Å². The fraction of sp³-hybridized carbons (Fsp3) is 0.200. The van der Waals surface area contributed by atoms with Crippen LogP contribution >= 0.6 is 11.3 Å². The van der Waals surface area contributed by atoms with Crippen molar-refractivity contribution in [1.29, 1.82) is 0 Å². The van der Waals surface area contributed by atoms with Crippen LogP contribution in [0.2, 0.25) is 0 Å². The number of anilines is 1. The summed E-state index contributed by atoms with van der Waals surface area (Å²) in [6.45, 7) is 0. The second kappa shape index (κ2) is 3.15. The smallest absolute Gasteiger partial charge is 0.366 e. The van der Waals surface area contributed by atoms with Gasteiger partial charge in [-0.15, -0.1) is 15.3 Å². The average molecular weight is 236 g/mol. The summed E-state index contributed by atoms with van der Waals surface area (Å²) in [6, 6.07) is 0. The molecule has 10 heteroatoms. The zero-order valence-corrected chi connectivity index (χ0v) is 7.75. The standard InChI is InChI=1S/C5H3F3N6S/c6-5(7,8)2-11-12-4(15-2)14-1-10-3(9)13-14/h1H,(H2,9,13). The Bertz CT molecular complexity index is 473. The van der Waals surface area contributed by atoms with Crippen molar-refractivity contribution in [2.75, 3.05) is 5.73 Å². The van der Waals surface area contributed by atoms with Crippen molar-refractivity contribution in [2.24, 2.45) is 0 Å². The van der Waals surface area contributed by atoms with Crippen LogP contribution in [-0.4, -0.2) is 25.0 Å². The van der Waals surface area contributed by atoms with Gasteiger partial charge in [-0.3, -0.25) is 0 Å². The predicted molar refractivity (Wildman–Crippen MR) is 44.2 cm³/mol. The summed E-state index contributed by atoms with van der Waals surface area (Å²) in [6.07, 6.45) is -3.34. The summed E-state index contributed by atoms with van der Waals surface area (Å²) in [4.78, 5) is 3.55. The van der Waals surface area contributed by atoms with Crippen LogP contribution in [0.1, 0.15) is 5.01 Å². The van der Waals surface area contributed by atoms with Crippen LogP contribution < -0.4 is 5.73 Å².